The van der Waals surface area contributed by atoms with E-state index in [1.54, 1.807) is 18.2 Å². The molecule has 1 fully saturated rings. The van der Waals surface area contributed by atoms with Crippen LogP contribution in [0.4, 0.5) is 5.69 Å². The summed E-state index contributed by atoms with van der Waals surface area (Å²) in [5.41, 5.74) is 3.13. The molecule has 1 saturated heterocycles. The molecule has 34 heavy (non-hydrogen) atoms. The van der Waals surface area contributed by atoms with Crippen LogP contribution < -0.4 is 4.90 Å². The Kier molecular flexibility index (Phi) is 6.18. The van der Waals surface area contributed by atoms with Crippen molar-refractivity contribution in [3.63, 3.8) is 0 Å². The minimum atomic E-state index is -3.48. The molecule has 6 nitrogen and oxygen atoms in total. The normalized spacial score (nSPS) is 17.4. The van der Waals surface area contributed by atoms with Crippen molar-refractivity contribution in [2.45, 2.75) is 30.7 Å². The maximum atomic E-state index is 13.4. The molecule has 0 unspecified atom stereocenters. The third-order valence-corrected chi connectivity index (χ3v) is 9.01. The Labute approximate surface area is 201 Å². The molecule has 178 valence electrons. The van der Waals surface area contributed by atoms with Gasteiger partial charge in [-0.05, 0) is 72.5 Å². The van der Waals surface area contributed by atoms with E-state index >= 15 is 0 Å². The predicted molar refractivity (Wildman–Crippen MR) is 135 cm³/mol. The van der Waals surface area contributed by atoms with Gasteiger partial charge in [-0.1, -0.05) is 42.5 Å². The van der Waals surface area contributed by atoms with Gasteiger partial charge in [0.25, 0.3) is 0 Å². The zero-order valence-electron chi connectivity index (χ0n) is 19.8. The van der Waals surface area contributed by atoms with Gasteiger partial charge in [-0.15, -0.1) is 0 Å². The highest BCUT2D eigenvalue weighted by Gasteiger charge is 2.33. The lowest BCUT2D eigenvalue weighted by Crippen LogP contribution is -2.42. The lowest BCUT2D eigenvalue weighted by Gasteiger charge is -2.33. The van der Waals surface area contributed by atoms with E-state index in [0.717, 1.165) is 43.7 Å². The summed E-state index contributed by atoms with van der Waals surface area (Å²) in [6.45, 7) is 3.33. The second-order valence-electron chi connectivity index (χ2n) is 9.51. The third-order valence-electron chi connectivity index (χ3n) is 7.20. The Hall–Kier alpha value is -2.74. The average molecular weight is 478 g/mol. The van der Waals surface area contributed by atoms with Gasteiger partial charge in [-0.2, -0.15) is 0 Å². The van der Waals surface area contributed by atoms with Gasteiger partial charge in [0.2, 0.25) is 15.9 Å². The summed E-state index contributed by atoms with van der Waals surface area (Å²) in [6, 6.07) is 20.1. The number of likely N-dealkylation sites (tertiary alicyclic amines) is 1. The highest BCUT2D eigenvalue weighted by atomic mass is 32.2. The van der Waals surface area contributed by atoms with E-state index in [9.17, 15) is 13.2 Å². The quantitative estimate of drug-likeness (QED) is 0.559. The highest BCUT2D eigenvalue weighted by molar-refractivity contribution is 7.89. The topological polar surface area (TPSA) is 60.9 Å². The number of benzene rings is 3. The molecule has 0 aromatic heterocycles. The van der Waals surface area contributed by atoms with Crippen LogP contribution in [0.25, 0.3) is 10.8 Å². The van der Waals surface area contributed by atoms with Crippen LogP contribution in [0.3, 0.4) is 0 Å². The summed E-state index contributed by atoms with van der Waals surface area (Å²) in [5, 5.41) is 2.56. The van der Waals surface area contributed by atoms with Gasteiger partial charge in [-0.3, -0.25) is 9.69 Å². The molecule has 2 heterocycles. The summed E-state index contributed by atoms with van der Waals surface area (Å²) in [4.78, 5) is 18.0. The Balaban J connectivity index is 1.24. The smallest absolute Gasteiger partial charge is 0.242 e. The monoisotopic (exact) mass is 477 g/mol. The molecule has 0 spiro atoms. The molecule has 7 heteroatoms. The number of rotatable bonds is 5. The van der Waals surface area contributed by atoms with E-state index in [-0.39, 0.29) is 16.7 Å². The van der Waals surface area contributed by atoms with E-state index in [4.69, 9.17) is 0 Å². The van der Waals surface area contributed by atoms with Crippen LogP contribution in [-0.2, 0) is 27.8 Å². The number of anilines is 1. The van der Waals surface area contributed by atoms with Gasteiger partial charge < -0.3 is 4.90 Å². The molecule has 0 aliphatic carbocycles. The number of fused-ring (bicyclic) bond motifs is 2. The molecular formula is C27H31N3O3S. The van der Waals surface area contributed by atoms with Crippen molar-refractivity contribution in [3.8, 4) is 0 Å². The van der Waals surface area contributed by atoms with Gasteiger partial charge in [0, 0.05) is 38.8 Å². The minimum Gasteiger partial charge on any atom is -0.312 e. The summed E-state index contributed by atoms with van der Waals surface area (Å²) in [5.74, 6) is 0.187. The third kappa shape index (κ3) is 4.24. The first-order valence-corrected chi connectivity index (χ1v) is 13.3. The zero-order chi connectivity index (χ0) is 23.9. The molecule has 0 bridgehead atoms. The Morgan fingerprint density at radius 1 is 0.971 bits per heavy atom. The van der Waals surface area contributed by atoms with Crippen molar-refractivity contribution in [3.05, 3.63) is 71.8 Å². The Morgan fingerprint density at radius 3 is 2.47 bits per heavy atom. The first-order chi connectivity index (χ1) is 16.3. The second kappa shape index (κ2) is 9.13. The fourth-order valence-electron chi connectivity index (χ4n) is 5.21. The number of hydrogen-bond donors (Lipinski definition) is 0. The first kappa shape index (κ1) is 23.0. The van der Waals surface area contributed by atoms with E-state index in [2.05, 4.69) is 47.4 Å². The lowest BCUT2D eigenvalue weighted by atomic mass is 9.94. The van der Waals surface area contributed by atoms with Crippen LogP contribution in [-0.4, -0.2) is 57.3 Å². The standard InChI is InChI=1S/C27H31N3O3S/c1-28(2)34(32,33)24-10-11-26-22(18-24)14-17-30(26)27(31)21-12-15-29(16-13-21)19-23-8-5-7-20-6-3-4-9-25(20)23/h3-11,18,21H,12-17,19H2,1-2H3. The molecule has 0 radical (unpaired) electrons. The molecule has 2 aliphatic rings. The van der Waals surface area contributed by atoms with Crippen molar-refractivity contribution in [1.29, 1.82) is 0 Å². The van der Waals surface area contributed by atoms with E-state index in [0.29, 0.717) is 13.0 Å². The largest absolute Gasteiger partial charge is 0.312 e. The molecular weight excluding hydrogens is 446 g/mol. The van der Waals surface area contributed by atoms with Gasteiger partial charge in [0.05, 0.1) is 4.90 Å². The number of sulfonamides is 1. The predicted octanol–water partition coefficient (Wildman–Crippen LogP) is 3.89. The number of carbonyl (C=O) groups is 1. The summed E-state index contributed by atoms with van der Waals surface area (Å²) in [6.07, 6.45) is 2.39. The maximum absolute atomic E-state index is 13.4. The summed E-state index contributed by atoms with van der Waals surface area (Å²) < 4.78 is 26.2. The first-order valence-electron chi connectivity index (χ1n) is 11.9. The number of amides is 1. The number of carbonyl (C=O) groups excluding carboxylic acids is 1. The van der Waals surface area contributed by atoms with E-state index in [1.807, 2.05) is 4.90 Å². The van der Waals surface area contributed by atoms with Crippen LogP contribution >= 0.6 is 0 Å². The van der Waals surface area contributed by atoms with Crippen LogP contribution in [0.15, 0.2) is 65.6 Å². The van der Waals surface area contributed by atoms with Crippen molar-refractivity contribution >= 4 is 32.4 Å². The second-order valence-corrected chi connectivity index (χ2v) is 11.7. The van der Waals surface area contributed by atoms with Crippen molar-refractivity contribution in [1.82, 2.24) is 9.21 Å². The zero-order valence-corrected chi connectivity index (χ0v) is 20.6. The molecule has 0 atom stereocenters. The van der Waals surface area contributed by atoms with Gasteiger partial charge in [-0.25, -0.2) is 12.7 Å². The lowest BCUT2D eigenvalue weighted by molar-refractivity contribution is -0.123. The molecule has 5 rings (SSSR count). The molecule has 1 amide bonds. The summed E-state index contributed by atoms with van der Waals surface area (Å²) in [7, 11) is -0.413. The fourth-order valence-corrected chi connectivity index (χ4v) is 6.16. The SMILES string of the molecule is CN(C)S(=O)(=O)c1ccc2c(c1)CCN2C(=O)C1CCN(Cc2cccc3ccccc23)CC1. The maximum Gasteiger partial charge on any atom is 0.242 e. The van der Waals surface area contributed by atoms with Crippen molar-refractivity contribution in [2.24, 2.45) is 5.92 Å². The van der Waals surface area contributed by atoms with Gasteiger partial charge in [0.15, 0.2) is 0 Å². The van der Waals surface area contributed by atoms with E-state index in [1.165, 1.54) is 34.7 Å². The number of piperidine rings is 1. The van der Waals surface area contributed by atoms with E-state index < -0.39 is 10.0 Å². The molecule has 0 N–H and O–H groups in total. The van der Waals surface area contributed by atoms with Crippen LogP contribution in [0, 0.1) is 5.92 Å². The fraction of sp³-hybridized carbons (Fsp3) is 0.370. The van der Waals surface area contributed by atoms with Crippen LogP contribution in [0.1, 0.15) is 24.0 Å². The molecule has 0 saturated carbocycles. The van der Waals surface area contributed by atoms with Crippen LogP contribution in [0.5, 0.6) is 0 Å². The van der Waals surface area contributed by atoms with Gasteiger partial charge >= 0.3 is 0 Å². The summed E-state index contributed by atoms with van der Waals surface area (Å²) >= 11 is 0. The Bertz CT molecular complexity index is 1320. The number of nitrogens with zero attached hydrogens (tertiary/aromatic N) is 3. The Morgan fingerprint density at radius 2 is 1.71 bits per heavy atom. The average Bonchev–Trinajstić information content (AvgIpc) is 3.27. The molecule has 2 aliphatic heterocycles. The highest BCUT2D eigenvalue weighted by Crippen LogP contribution is 2.33. The minimum absolute atomic E-state index is 0.0138. The van der Waals surface area contributed by atoms with Crippen molar-refractivity contribution < 1.29 is 13.2 Å². The van der Waals surface area contributed by atoms with Crippen LogP contribution in [0.2, 0.25) is 0 Å². The van der Waals surface area contributed by atoms with Crippen molar-refractivity contribution in [2.75, 3.05) is 38.6 Å². The molecule has 3 aromatic carbocycles. The molecule has 3 aromatic rings. The number of hydrogen-bond acceptors (Lipinski definition) is 4. The van der Waals surface area contributed by atoms with Gasteiger partial charge in [0.1, 0.15) is 0 Å².